The summed E-state index contributed by atoms with van der Waals surface area (Å²) in [7, 11) is 1.61. The van der Waals surface area contributed by atoms with E-state index in [9.17, 15) is 4.79 Å². The van der Waals surface area contributed by atoms with Gasteiger partial charge in [-0.3, -0.25) is 9.36 Å². The van der Waals surface area contributed by atoms with E-state index >= 15 is 0 Å². The third-order valence-electron chi connectivity index (χ3n) is 3.96. The number of hydrogen-bond acceptors (Lipinski definition) is 3. The molecule has 1 aromatic carbocycles. The van der Waals surface area contributed by atoms with E-state index in [0.717, 1.165) is 28.0 Å². The molecule has 22 heavy (non-hydrogen) atoms. The number of methoxy groups -OCH3 is 1. The zero-order valence-electron chi connectivity index (χ0n) is 13.0. The van der Waals surface area contributed by atoms with Crippen LogP contribution in [0, 0.1) is 13.8 Å². The molecule has 1 N–H and O–H groups in total. The number of aromatic amines is 1. The molecule has 0 bridgehead atoms. The normalized spacial score (nSPS) is 11.0. The monoisotopic (exact) mass is 297 g/mol. The first-order valence-corrected chi connectivity index (χ1v) is 7.28. The lowest BCUT2D eigenvalue weighted by Gasteiger charge is -2.08. The average molecular weight is 297 g/mol. The SMILES string of the molecule is COc1cnc(C)n1CCC(=O)c1c(C)[nH]c2ccccc12. The number of Topliss-reactive ketones (excluding diaryl/α,β-unsaturated/α-hetero) is 1. The average Bonchev–Trinajstić information content (AvgIpc) is 3.03. The number of aromatic nitrogens is 3. The number of imidazole rings is 1. The lowest BCUT2D eigenvalue weighted by atomic mass is 10.0. The number of fused-ring (bicyclic) bond motifs is 1. The molecule has 0 unspecified atom stereocenters. The molecule has 3 aromatic rings. The Bertz CT molecular complexity index is 830. The molecule has 0 atom stereocenters. The molecule has 0 aliphatic carbocycles. The molecule has 0 saturated heterocycles. The largest absolute Gasteiger partial charge is 0.481 e. The van der Waals surface area contributed by atoms with Crippen LogP contribution in [0.1, 0.15) is 28.3 Å². The summed E-state index contributed by atoms with van der Waals surface area (Å²) in [6, 6.07) is 7.89. The van der Waals surface area contributed by atoms with Gasteiger partial charge in [-0.05, 0) is 19.9 Å². The fraction of sp³-hybridized carbons (Fsp3) is 0.294. The van der Waals surface area contributed by atoms with Gasteiger partial charge in [0.2, 0.25) is 5.88 Å². The van der Waals surface area contributed by atoms with Crippen molar-refractivity contribution in [3.8, 4) is 5.88 Å². The molecule has 0 fully saturated rings. The first-order chi connectivity index (χ1) is 10.6. The summed E-state index contributed by atoms with van der Waals surface area (Å²) in [5, 5.41) is 0.985. The van der Waals surface area contributed by atoms with Crippen molar-refractivity contribution in [2.24, 2.45) is 0 Å². The van der Waals surface area contributed by atoms with Gasteiger partial charge in [0.1, 0.15) is 5.82 Å². The van der Waals surface area contributed by atoms with Crippen molar-refractivity contribution in [3.63, 3.8) is 0 Å². The number of rotatable bonds is 5. The summed E-state index contributed by atoms with van der Waals surface area (Å²) in [5.41, 5.74) is 2.70. The van der Waals surface area contributed by atoms with Gasteiger partial charge in [-0.1, -0.05) is 18.2 Å². The van der Waals surface area contributed by atoms with Crippen molar-refractivity contribution in [1.29, 1.82) is 0 Å². The Labute approximate surface area is 128 Å². The van der Waals surface area contributed by atoms with Gasteiger partial charge in [-0.2, -0.15) is 0 Å². The quantitative estimate of drug-likeness (QED) is 0.735. The Morgan fingerprint density at radius 1 is 1.32 bits per heavy atom. The molecule has 114 valence electrons. The minimum Gasteiger partial charge on any atom is -0.481 e. The van der Waals surface area contributed by atoms with E-state index in [1.165, 1.54) is 0 Å². The minimum absolute atomic E-state index is 0.130. The number of ketones is 1. The summed E-state index contributed by atoms with van der Waals surface area (Å²) >= 11 is 0. The van der Waals surface area contributed by atoms with Crippen LogP contribution in [0.5, 0.6) is 5.88 Å². The Kier molecular flexibility index (Phi) is 3.71. The zero-order chi connectivity index (χ0) is 15.7. The van der Waals surface area contributed by atoms with Gasteiger partial charge in [-0.15, -0.1) is 0 Å². The second-order valence-corrected chi connectivity index (χ2v) is 5.34. The number of carbonyl (C=O) groups is 1. The van der Waals surface area contributed by atoms with Gasteiger partial charge in [0.05, 0.1) is 13.3 Å². The Balaban J connectivity index is 1.85. The minimum atomic E-state index is 0.130. The van der Waals surface area contributed by atoms with Crippen molar-refractivity contribution in [1.82, 2.24) is 14.5 Å². The second kappa shape index (κ2) is 5.67. The number of benzene rings is 1. The number of aryl methyl sites for hydroxylation is 2. The van der Waals surface area contributed by atoms with E-state index in [2.05, 4.69) is 9.97 Å². The van der Waals surface area contributed by atoms with E-state index in [-0.39, 0.29) is 5.78 Å². The summed E-state index contributed by atoms with van der Waals surface area (Å²) in [4.78, 5) is 20.1. The highest BCUT2D eigenvalue weighted by Crippen LogP contribution is 2.24. The van der Waals surface area contributed by atoms with Crippen LogP contribution in [0.15, 0.2) is 30.5 Å². The van der Waals surface area contributed by atoms with Gasteiger partial charge < -0.3 is 9.72 Å². The van der Waals surface area contributed by atoms with Crippen molar-refractivity contribution < 1.29 is 9.53 Å². The standard InChI is InChI=1S/C17H19N3O2/c1-11-17(13-6-4-5-7-14(13)19-11)15(21)8-9-20-12(2)18-10-16(20)22-3/h4-7,10,19H,8-9H2,1-3H3. The highest BCUT2D eigenvalue weighted by Gasteiger charge is 2.16. The number of ether oxygens (including phenoxy) is 1. The number of para-hydroxylation sites is 1. The zero-order valence-corrected chi connectivity index (χ0v) is 13.0. The molecule has 3 rings (SSSR count). The molecule has 2 aromatic heterocycles. The Morgan fingerprint density at radius 3 is 2.86 bits per heavy atom. The van der Waals surface area contributed by atoms with Gasteiger partial charge in [-0.25, -0.2) is 4.98 Å². The predicted molar refractivity (Wildman–Crippen MR) is 85.5 cm³/mol. The third-order valence-corrected chi connectivity index (χ3v) is 3.96. The molecule has 0 saturated carbocycles. The summed E-state index contributed by atoms with van der Waals surface area (Å²) in [6.45, 7) is 4.41. The highest BCUT2D eigenvalue weighted by molar-refractivity contribution is 6.09. The van der Waals surface area contributed by atoms with Crippen molar-refractivity contribution in [3.05, 3.63) is 47.5 Å². The van der Waals surface area contributed by atoms with Crippen LogP contribution in [0.2, 0.25) is 0 Å². The van der Waals surface area contributed by atoms with E-state index in [4.69, 9.17) is 4.74 Å². The van der Waals surface area contributed by atoms with Crippen LogP contribution in [-0.4, -0.2) is 27.4 Å². The topological polar surface area (TPSA) is 59.9 Å². The van der Waals surface area contributed by atoms with E-state index in [0.29, 0.717) is 18.8 Å². The van der Waals surface area contributed by atoms with Gasteiger partial charge in [0, 0.05) is 35.1 Å². The summed E-state index contributed by atoms with van der Waals surface area (Å²) < 4.78 is 7.18. The van der Waals surface area contributed by atoms with Crippen molar-refractivity contribution in [2.45, 2.75) is 26.8 Å². The Morgan fingerprint density at radius 2 is 2.09 bits per heavy atom. The first-order valence-electron chi connectivity index (χ1n) is 7.28. The number of hydrogen-bond donors (Lipinski definition) is 1. The molecule has 5 nitrogen and oxygen atoms in total. The van der Waals surface area contributed by atoms with Gasteiger partial charge >= 0.3 is 0 Å². The smallest absolute Gasteiger partial charge is 0.213 e. The molecule has 0 amide bonds. The lowest BCUT2D eigenvalue weighted by Crippen LogP contribution is -2.09. The molecular formula is C17H19N3O2. The Hall–Kier alpha value is -2.56. The maximum atomic E-state index is 12.7. The molecule has 2 heterocycles. The van der Waals surface area contributed by atoms with Crippen LogP contribution in [0.25, 0.3) is 10.9 Å². The summed E-state index contributed by atoms with van der Waals surface area (Å²) in [5.74, 6) is 1.66. The van der Waals surface area contributed by atoms with Crippen molar-refractivity contribution in [2.75, 3.05) is 7.11 Å². The van der Waals surface area contributed by atoms with Crippen LogP contribution in [0.3, 0.4) is 0 Å². The molecule has 5 heteroatoms. The second-order valence-electron chi connectivity index (χ2n) is 5.34. The van der Waals surface area contributed by atoms with E-state index in [1.54, 1.807) is 13.3 Å². The number of nitrogens with zero attached hydrogens (tertiary/aromatic N) is 2. The molecule has 0 radical (unpaired) electrons. The fourth-order valence-electron chi connectivity index (χ4n) is 2.86. The molecule has 0 spiro atoms. The molecule has 0 aliphatic heterocycles. The van der Waals surface area contributed by atoms with Crippen LogP contribution < -0.4 is 4.74 Å². The molecular weight excluding hydrogens is 278 g/mol. The molecule has 0 aliphatic rings. The number of carbonyl (C=O) groups excluding carboxylic acids is 1. The summed E-state index contributed by atoms with van der Waals surface area (Å²) in [6.07, 6.45) is 2.09. The highest BCUT2D eigenvalue weighted by atomic mass is 16.5. The van der Waals surface area contributed by atoms with E-state index in [1.807, 2.05) is 42.7 Å². The maximum absolute atomic E-state index is 12.7. The van der Waals surface area contributed by atoms with Gasteiger partial charge in [0.25, 0.3) is 0 Å². The van der Waals surface area contributed by atoms with E-state index < -0.39 is 0 Å². The van der Waals surface area contributed by atoms with Crippen LogP contribution in [-0.2, 0) is 6.54 Å². The van der Waals surface area contributed by atoms with Crippen LogP contribution in [0.4, 0.5) is 0 Å². The maximum Gasteiger partial charge on any atom is 0.213 e. The third kappa shape index (κ3) is 2.39. The number of nitrogens with one attached hydrogen (secondary N) is 1. The number of H-pyrrole nitrogens is 1. The van der Waals surface area contributed by atoms with Crippen molar-refractivity contribution >= 4 is 16.7 Å². The van der Waals surface area contributed by atoms with Crippen LogP contribution >= 0.6 is 0 Å². The first kappa shape index (κ1) is 14.4. The fourth-order valence-corrected chi connectivity index (χ4v) is 2.86. The lowest BCUT2D eigenvalue weighted by molar-refractivity contribution is 0.0977. The predicted octanol–water partition coefficient (Wildman–Crippen LogP) is 3.26. The van der Waals surface area contributed by atoms with Gasteiger partial charge in [0.15, 0.2) is 5.78 Å².